The highest BCUT2D eigenvalue weighted by Gasteiger charge is 2.11. The number of unbranched alkanes of at least 4 members (excludes halogenated alkanes) is 3. The van der Waals surface area contributed by atoms with E-state index in [1.54, 1.807) is 12.1 Å². The quantitative estimate of drug-likeness (QED) is 0.390. The van der Waals surface area contributed by atoms with Gasteiger partial charge in [-0.3, -0.25) is 4.79 Å². The Hall–Kier alpha value is -2.01. The maximum atomic E-state index is 12.6. The van der Waals surface area contributed by atoms with Crippen molar-refractivity contribution in [3.8, 4) is 11.5 Å². The van der Waals surface area contributed by atoms with Crippen molar-refractivity contribution in [2.24, 2.45) is 5.92 Å². The van der Waals surface area contributed by atoms with Crippen LogP contribution in [0.2, 0.25) is 0 Å². The van der Waals surface area contributed by atoms with Gasteiger partial charge >= 0.3 is 0 Å². The van der Waals surface area contributed by atoms with Gasteiger partial charge < -0.3 is 14.8 Å². The predicted molar refractivity (Wildman–Crippen MR) is 119 cm³/mol. The van der Waals surface area contributed by atoms with Crippen LogP contribution in [0.1, 0.15) is 56.8 Å². The van der Waals surface area contributed by atoms with Crippen molar-refractivity contribution < 1.29 is 14.3 Å². The van der Waals surface area contributed by atoms with Crippen LogP contribution in [-0.2, 0) is 0 Å². The van der Waals surface area contributed by atoms with Crippen LogP contribution >= 0.6 is 15.9 Å². The number of halogens is 1. The van der Waals surface area contributed by atoms with Crippen LogP contribution in [0.25, 0.3) is 0 Å². The van der Waals surface area contributed by atoms with Crippen molar-refractivity contribution in [1.82, 2.24) is 0 Å². The first-order valence-electron chi connectivity index (χ1n) is 9.96. The summed E-state index contributed by atoms with van der Waals surface area (Å²) in [7, 11) is 0. The van der Waals surface area contributed by atoms with Crippen molar-refractivity contribution >= 4 is 27.5 Å². The number of hydrogen-bond acceptors (Lipinski definition) is 3. The van der Waals surface area contributed by atoms with Gasteiger partial charge in [-0.15, -0.1) is 0 Å². The standard InChI is InChI=1S/C23H30BrNO3/c1-4-5-6-7-13-27-20-10-8-9-19(15-20)25-23(26)18-11-12-22(21(24)14-18)28-16-17(2)3/h8-12,14-15,17H,4-7,13,16H2,1-3H3,(H,25,26). The van der Waals surface area contributed by atoms with E-state index in [4.69, 9.17) is 9.47 Å². The summed E-state index contributed by atoms with van der Waals surface area (Å²) in [6, 6.07) is 12.9. The van der Waals surface area contributed by atoms with Gasteiger partial charge in [0.15, 0.2) is 0 Å². The Labute approximate surface area is 176 Å². The second-order valence-corrected chi connectivity index (χ2v) is 8.10. The van der Waals surface area contributed by atoms with Gasteiger partial charge in [-0.25, -0.2) is 0 Å². The van der Waals surface area contributed by atoms with Crippen molar-refractivity contribution in [1.29, 1.82) is 0 Å². The molecule has 0 radical (unpaired) electrons. The highest BCUT2D eigenvalue weighted by Crippen LogP contribution is 2.27. The highest BCUT2D eigenvalue weighted by atomic mass is 79.9. The number of amides is 1. The van der Waals surface area contributed by atoms with Crippen LogP contribution in [0.5, 0.6) is 11.5 Å². The van der Waals surface area contributed by atoms with E-state index in [0.29, 0.717) is 30.4 Å². The Balaban J connectivity index is 1.93. The lowest BCUT2D eigenvalue weighted by Crippen LogP contribution is -2.12. The fraction of sp³-hybridized carbons (Fsp3) is 0.435. The van der Waals surface area contributed by atoms with Gasteiger partial charge in [0.2, 0.25) is 0 Å². The van der Waals surface area contributed by atoms with Gasteiger partial charge in [0.1, 0.15) is 11.5 Å². The Morgan fingerprint density at radius 2 is 1.89 bits per heavy atom. The summed E-state index contributed by atoms with van der Waals surface area (Å²) in [6.45, 7) is 7.72. The number of rotatable bonds is 11. The maximum absolute atomic E-state index is 12.6. The molecule has 0 saturated carbocycles. The fourth-order valence-electron chi connectivity index (χ4n) is 2.60. The molecule has 0 aliphatic carbocycles. The third-order valence-corrected chi connectivity index (χ3v) is 4.74. The molecule has 0 aliphatic heterocycles. The predicted octanol–water partition coefficient (Wildman–Crippen LogP) is 6.70. The molecule has 0 unspecified atom stereocenters. The largest absolute Gasteiger partial charge is 0.494 e. The maximum Gasteiger partial charge on any atom is 0.255 e. The second-order valence-electron chi connectivity index (χ2n) is 7.24. The highest BCUT2D eigenvalue weighted by molar-refractivity contribution is 9.10. The third kappa shape index (κ3) is 7.55. The Morgan fingerprint density at radius 1 is 1.07 bits per heavy atom. The molecule has 2 aromatic rings. The Morgan fingerprint density at radius 3 is 2.61 bits per heavy atom. The molecule has 5 heteroatoms. The van der Waals surface area contributed by atoms with Gasteiger partial charge in [-0.05, 0) is 58.6 Å². The zero-order chi connectivity index (χ0) is 20.4. The first kappa shape index (κ1) is 22.3. The van der Waals surface area contributed by atoms with Crippen LogP contribution < -0.4 is 14.8 Å². The monoisotopic (exact) mass is 447 g/mol. The molecule has 0 atom stereocenters. The molecule has 4 nitrogen and oxygen atoms in total. The molecule has 1 N–H and O–H groups in total. The SMILES string of the molecule is CCCCCCOc1cccc(NC(=O)c2ccc(OCC(C)C)c(Br)c2)c1. The van der Waals surface area contributed by atoms with Crippen LogP contribution in [0, 0.1) is 5.92 Å². The smallest absolute Gasteiger partial charge is 0.255 e. The molecule has 0 bridgehead atoms. The molecule has 0 aliphatic rings. The van der Waals surface area contributed by atoms with Crippen LogP contribution in [0.3, 0.4) is 0 Å². The lowest BCUT2D eigenvalue weighted by atomic mass is 10.2. The van der Waals surface area contributed by atoms with E-state index in [2.05, 4.69) is 42.0 Å². The topological polar surface area (TPSA) is 47.6 Å². The molecule has 0 saturated heterocycles. The minimum absolute atomic E-state index is 0.170. The molecule has 1 amide bonds. The molecule has 2 rings (SSSR count). The number of nitrogens with one attached hydrogen (secondary N) is 1. The Bertz CT molecular complexity index is 761. The van der Waals surface area contributed by atoms with Gasteiger partial charge in [0, 0.05) is 17.3 Å². The minimum atomic E-state index is -0.170. The number of carbonyl (C=O) groups is 1. The Kier molecular flexibility index (Phi) is 9.35. The summed E-state index contributed by atoms with van der Waals surface area (Å²) in [4.78, 5) is 12.6. The zero-order valence-corrected chi connectivity index (χ0v) is 18.6. The molecule has 0 aromatic heterocycles. The van der Waals surface area contributed by atoms with Crippen molar-refractivity contribution in [2.45, 2.75) is 46.5 Å². The first-order chi connectivity index (χ1) is 13.5. The van der Waals surface area contributed by atoms with Crippen molar-refractivity contribution in [3.05, 3.63) is 52.5 Å². The van der Waals surface area contributed by atoms with E-state index in [1.807, 2.05) is 30.3 Å². The summed E-state index contributed by atoms with van der Waals surface area (Å²) in [5.41, 5.74) is 1.28. The summed E-state index contributed by atoms with van der Waals surface area (Å²) < 4.78 is 12.3. The third-order valence-electron chi connectivity index (χ3n) is 4.12. The van der Waals surface area contributed by atoms with Crippen molar-refractivity contribution in [2.75, 3.05) is 18.5 Å². The van der Waals surface area contributed by atoms with Gasteiger partial charge in [-0.2, -0.15) is 0 Å². The molecule has 2 aromatic carbocycles. The lowest BCUT2D eigenvalue weighted by molar-refractivity contribution is 0.102. The van der Waals surface area contributed by atoms with Gasteiger partial charge in [-0.1, -0.05) is 46.1 Å². The zero-order valence-electron chi connectivity index (χ0n) is 17.0. The van der Waals surface area contributed by atoms with E-state index in [1.165, 1.54) is 19.3 Å². The summed E-state index contributed by atoms with van der Waals surface area (Å²) >= 11 is 3.48. The van der Waals surface area contributed by atoms with Crippen LogP contribution in [0.15, 0.2) is 46.9 Å². The van der Waals surface area contributed by atoms with E-state index < -0.39 is 0 Å². The number of carbonyl (C=O) groups excluding carboxylic acids is 1. The van der Waals surface area contributed by atoms with E-state index in [0.717, 1.165) is 22.4 Å². The molecule has 28 heavy (non-hydrogen) atoms. The number of ether oxygens (including phenoxy) is 2. The normalized spacial score (nSPS) is 10.8. The summed E-state index contributed by atoms with van der Waals surface area (Å²) in [5.74, 6) is 1.78. The molecule has 0 fully saturated rings. The summed E-state index contributed by atoms with van der Waals surface area (Å²) in [5, 5.41) is 2.93. The molecule has 152 valence electrons. The molecular weight excluding hydrogens is 418 g/mol. The van der Waals surface area contributed by atoms with E-state index in [9.17, 15) is 4.79 Å². The summed E-state index contributed by atoms with van der Waals surface area (Å²) in [6.07, 6.45) is 4.67. The molecule has 0 heterocycles. The minimum Gasteiger partial charge on any atom is -0.494 e. The average Bonchev–Trinajstić information content (AvgIpc) is 2.67. The van der Waals surface area contributed by atoms with Crippen LogP contribution in [-0.4, -0.2) is 19.1 Å². The van der Waals surface area contributed by atoms with Gasteiger partial charge in [0.05, 0.1) is 17.7 Å². The molecular formula is C23H30BrNO3. The molecule has 0 spiro atoms. The van der Waals surface area contributed by atoms with Crippen LogP contribution in [0.4, 0.5) is 5.69 Å². The first-order valence-corrected chi connectivity index (χ1v) is 10.8. The number of benzene rings is 2. The fourth-order valence-corrected chi connectivity index (χ4v) is 3.09. The van der Waals surface area contributed by atoms with E-state index in [-0.39, 0.29) is 5.91 Å². The van der Waals surface area contributed by atoms with Gasteiger partial charge in [0.25, 0.3) is 5.91 Å². The lowest BCUT2D eigenvalue weighted by Gasteiger charge is -2.12. The number of anilines is 1. The van der Waals surface area contributed by atoms with Crippen molar-refractivity contribution in [3.63, 3.8) is 0 Å². The van der Waals surface area contributed by atoms with E-state index >= 15 is 0 Å². The average molecular weight is 448 g/mol. The number of hydrogen-bond donors (Lipinski definition) is 1. The second kappa shape index (κ2) is 11.7.